The first kappa shape index (κ1) is 20.5. The summed E-state index contributed by atoms with van der Waals surface area (Å²) in [5.74, 6) is -0.326. The summed E-state index contributed by atoms with van der Waals surface area (Å²) in [6.45, 7) is 0.353. The number of halogens is 2. The summed E-state index contributed by atoms with van der Waals surface area (Å²) in [7, 11) is 0. The van der Waals surface area contributed by atoms with E-state index >= 15 is 0 Å². The van der Waals surface area contributed by atoms with Crippen molar-refractivity contribution in [3.8, 4) is 11.8 Å². The first-order chi connectivity index (χ1) is 14.0. The highest BCUT2D eigenvalue weighted by atomic mass is 35.5. The van der Waals surface area contributed by atoms with E-state index in [1.165, 1.54) is 12.1 Å². The summed E-state index contributed by atoms with van der Waals surface area (Å²) in [6.07, 6.45) is 1.73. The van der Waals surface area contributed by atoms with Crippen molar-refractivity contribution in [1.82, 2.24) is 0 Å². The average molecular weight is 424 g/mol. The number of hydrogen-bond donors (Lipinski definition) is 1. The SMILES string of the molecule is N#CC(=Cc1ccc(OCc2ccc(Cl)c(Cl)c2)cc1)c1ccc(C(=O)O)cc1. The molecule has 0 aliphatic rings. The fourth-order valence-corrected chi connectivity index (χ4v) is 2.92. The molecule has 3 rings (SSSR count). The number of carbonyl (C=O) groups is 1. The van der Waals surface area contributed by atoms with E-state index in [1.807, 2.05) is 30.3 Å². The number of allylic oxidation sites excluding steroid dienone is 1. The van der Waals surface area contributed by atoms with Crippen LogP contribution in [0.4, 0.5) is 0 Å². The molecule has 4 nitrogen and oxygen atoms in total. The Balaban J connectivity index is 1.70. The number of ether oxygens (including phenoxy) is 1. The molecule has 3 aromatic rings. The molecule has 0 saturated carbocycles. The summed E-state index contributed by atoms with van der Waals surface area (Å²) in [5.41, 5.74) is 2.99. The van der Waals surface area contributed by atoms with Crippen molar-refractivity contribution in [1.29, 1.82) is 5.26 Å². The summed E-state index contributed by atoms with van der Waals surface area (Å²) < 4.78 is 5.75. The minimum absolute atomic E-state index is 0.175. The van der Waals surface area contributed by atoms with Gasteiger partial charge in [0.15, 0.2) is 0 Å². The van der Waals surface area contributed by atoms with Gasteiger partial charge in [-0.05, 0) is 59.2 Å². The highest BCUT2D eigenvalue weighted by Gasteiger charge is 2.06. The number of benzene rings is 3. The highest BCUT2D eigenvalue weighted by Crippen LogP contribution is 2.24. The van der Waals surface area contributed by atoms with Crippen LogP contribution in [0.2, 0.25) is 10.0 Å². The lowest BCUT2D eigenvalue weighted by Crippen LogP contribution is -1.96. The van der Waals surface area contributed by atoms with Gasteiger partial charge >= 0.3 is 5.97 Å². The molecule has 0 bridgehead atoms. The molecule has 144 valence electrons. The Morgan fingerprint density at radius 3 is 2.21 bits per heavy atom. The third kappa shape index (κ3) is 5.39. The van der Waals surface area contributed by atoms with Gasteiger partial charge in [0.05, 0.1) is 27.3 Å². The number of rotatable bonds is 6. The van der Waals surface area contributed by atoms with Gasteiger partial charge in [-0.3, -0.25) is 0 Å². The molecule has 3 aromatic carbocycles. The van der Waals surface area contributed by atoms with Crippen molar-refractivity contribution < 1.29 is 14.6 Å². The van der Waals surface area contributed by atoms with Crippen LogP contribution >= 0.6 is 23.2 Å². The lowest BCUT2D eigenvalue weighted by molar-refractivity contribution is 0.0697. The van der Waals surface area contributed by atoms with Crippen molar-refractivity contribution >= 4 is 40.8 Å². The predicted molar refractivity (Wildman–Crippen MR) is 114 cm³/mol. The standard InChI is InChI=1S/C23H15Cl2NO3/c24-21-10-3-16(12-22(21)25)14-29-20-8-1-15(2-9-20)11-19(13-26)17-4-6-18(7-5-17)23(27)28/h1-12H,14H2,(H,27,28). The second-order valence-electron chi connectivity index (χ2n) is 6.16. The second kappa shape index (κ2) is 9.29. The lowest BCUT2D eigenvalue weighted by atomic mass is 10.0. The zero-order chi connectivity index (χ0) is 20.8. The van der Waals surface area contributed by atoms with Gasteiger partial charge < -0.3 is 9.84 Å². The van der Waals surface area contributed by atoms with Crippen LogP contribution in [0.15, 0.2) is 66.7 Å². The summed E-state index contributed by atoms with van der Waals surface area (Å²) >= 11 is 11.9. The number of aromatic carboxylic acids is 1. The molecule has 0 amide bonds. The van der Waals surface area contributed by atoms with Crippen LogP contribution in [0.5, 0.6) is 5.75 Å². The second-order valence-corrected chi connectivity index (χ2v) is 6.97. The topological polar surface area (TPSA) is 70.3 Å². The van der Waals surface area contributed by atoms with E-state index in [0.29, 0.717) is 33.5 Å². The largest absolute Gasteiger partial charge is 0.489 e. The Bertz CT molecular complexity index is 1100. The Kier molecular flexibility index (Phi) is 6.56. The van der Waals surface area contributed by atoms with Gasteiger partial charge in [0.1, 0.15) is 12.4 Å². The van der Waals surface area contributed by atoms with Gasteiger partial charge in [-0.25, -0.2) is 4.79 Å². The minimum Gasteiger partial charge on any atom is -0.489 e. The molecule has 0 saturated heterocycles. The quantitative estimate of drug-likeness (QED) is 0.371. The summed E-state index contributed by atoms with van der Waals surface area (Å²) in [6, 6.07) is 21.0. The number of carboxylic acid groups (broad SMARTS) is 1. The maximum absolute atomic E-state index is 10.9. The highest BCUT2D eigenvalue weighted by molar-refractivity contribution is 6.42. The number of nitriles is 1. The Morgan fingerprint density at radius 1 is 0.966 bits per heavy atom. The molecular weight excluding hydrogens is 409 g/mol. The smallest absolute Gasteiger partial charge is 0.335 e. The fourth-order valence-electron chi connectivity index (χ4n) is 2.60. The van der Waals surface area contributed by atoms with Crippen molar-refractivity contribution in [3.63, 3.8) is 0 Å². The van der Waals surface area contributed by atoms with Crippen LogP contribution in [0.1, 0.15) is 27.0 Å². The van der Waals surface area contributed by atoms with Crippen molar-refractivity contribution in [3.05, 3.63) is 99.0 Å². The fraction of sp³-hybridized carbons (Fsp3) is 0.0435. The zero-order valence-corrected chi connectivity index (χ0v) is 16.6. The van der Waals surface area contributed by atoms with E-state index in [-0.39, 0.29) is 5.56 Å². The number of carboxylic acids is 1. The van der Waals surface area contributed by atoms with Crippen molar-refractivity contribution in [2.75, 3.05) is 0 Å². The maximum atomic E-state index is 10.9. The van der Waals surface area contributed by atoms with E-state index < -0.39 is 5.97 Å². The van der Waals surface area contributed by atoms with Crippen LogP contribution in [0, 0.1) is 11.3 Å². The third-order valence-corrected chi connectivity index (χ3v) is 4.88. The third-order valence-electron chi connectivity index (χ3n) is 4.14. The monoisotopic (exact) mass is 423 g/mol. The summed E-state index contributed by atoms with van der Waals surface area (Å²) in [5, 5.41) is 19.4. The zero-order valence-electron chi connectivity index (χ0n) is 15.1. The van der Waals surface area contributed by atoms with Gasteiger partial charge in [-0.1, -0.05) is 53.5 Å². The van der Waals surface area contributed by atoms with Gasteiger partial charge in [0.2, 0.25) is 0 Å². The minimum atomic E-state index is -1.00. The maximum Gasteiger partial charge on any atom is 0.335 e. The van der Waals surface area contributed by atoms with E-state index in [0.717, 1.165) is 11.1 Å². The Morgan fingerprint density at radius 2 is 1.62 bits per heavy atom. The van der Waals surface area contributed by atoms with Crippen molar-refractivity contribution in [2.45, 2.75) is 6.61 Å². The molecule has 0 unspecified atom stereocenters. The Hall–Kier alpha value is -3.26. The number of hydrogen-bond acceptors (Lipinski definition) is 3. The van der Waals surface area contributed by atoms with Gasteiger partial charge in [0.25, 0.3) is 0 Å². The molecule has 0 spiro atoms. The molecular formula is C23H15Cl2NO3. The number of nitrogens with zero attached hydrogens (tertiary/aromatic N) is 1. The predicted octanol–water partition coefficient (Wildman–Crippen LogP) is 6.33. The molecule has 0 aliphatic carbocycles. The molecule has 0 radical (unpaired) electrons. The van der Waals surface area contributed by atoms with E-state index in [1.54, 1.807) is 30.3 Å². The lowest BCUT2D eigenvalue weighted by Gasteiger charge is -2.08. The first-order valence-corrected chi connectivity index (χ1v) is 9.34. The molecule has 0 heterocycles. The van der Waals surface area contributed by atoms with Gasteiger partial charge in [-0.2, -0.15) is 5.26 Å². The Labute approximate surface area is 178 Å². The van der Waals surface area contributed by atoms with Crippen LogP contribution in [-0.4, -0.2) is 11.1 Å². The molecule has 29 heavy (non-hydrogen) atoms. The van der Waals surface area contributed by atoms with Crippen LogP contribution < -0.4 is 4.74 Å². The van der Waals surface area contributed by atoms with Gasteiger partial charge in [0, 0.05) is 0 Å². The average Bonchev–Trinajstić information content (AvgIpc) is 2.74. The molecule has 0 atom stereocenters. The summed E-state index contributed by atoms with van der Waals surface area (Å²) in [4.78, 5) is 10.9. The molecule has 0 aromatic heterocycles. The van der Waals surface area contributed by atoms with E-state index in [9.17, 15) is 10.1 Å². The molecule has 0 fully saturated rings. The molecule has 1 N–H and O–H groups in total. The van der Waals surface area contributed by atoms with Crippen LogP contribution in [0.3, 0.4) is 0 Å². The normalized spacial score (nSPS) is 11.0. The molecule has 0 aliphatic heterocycles. The van der Waals surface area contributed by atoms with Crippen molar-refractivity contribution in [2.24, 2.45) is 0 Å². The van der Waals surface area contributed by atoms with Crippen LogP contribution in [0.25, 0.3) is 11.6 Å². The van der Waals surface area contributed by atoms with E-state index in [2.05, 4.69) is 6.07 Å². The van der Waals surface area contributed by atoms with Gasteiger partial charge in [-0.15, -0.1) is 0 Å². The van der Waals surface area contributed by atoms with E-state index in [4.69, 9.17) is 33.0 Å². The van der Waals surface area contributed by atoms with Crippen LogP contribution in [-0.2, 0) is 6.61 Å². The molecule has 6 heteroatoms. The first-order valence-electron chi connectivity index (χ1n) is 8.58.